The summed E-state index contributed by atoms with van der Waals surface area (Å²) in [6, 6.07) is 1.62. The number of aryl methyl sites for hydroxylation is 1. The molecule has 1 N–H and O–H groups in total. The number of esters is 1. The Morgan fingerprint density at radius 2 is 1.94 bits per heavy atom. The molecule has 0 amide bonds. The quantitative estimate of drug-likeness (QED) is 0.662. The highest BCUT2D eigenvalue weighted by Gasteiger charge is 2.32. The SMILES string of the molecule is Cc1[nH]c(C(=O)OC(C)(C)C)cc1C(=O)C1CC1. The lowest BCUT2D eigenvalue weighted by Gasteiger charge is -2.18. The molecule has 1 heterocycles. The minimum absolute atomic E-state index is 0.138. The molecule has 1 aliphatic rings. The molecule has 4 heteroatoms. The summed E-state index contributed by atoms with van der Waals surface area (Å²) >= 11 is 0. The highest BCUT2D eigenvalue weighted by Crippen LogP contribution is 2.33. The maximum Gasteiger partial charge on any atom is 0.355 e. The summed E-state index contributed by atoms with van der Waals surface area (Å²) in [5, 5.41) is 0. The van der Waals surface area contributed by atoms with Gasteiger partial charge in [0, 0.05) is 17.2 Å². The van der Waals surface area contributed by atoms with Crippen LogP contribution in [-0.4, -0.2) is 22.3 Å². The topological polar surface area (TPSA) is 59.2 Å². The third kappa shape index (κ3) is 2.81. The third-order valence-corrected chi connectivity index (χ3v) is 2.85. The first-order chi connectivity index (χ1) is 8.28. The Labute approximate surface area is 107 Å². The normalized spacial score (nSPS) is 15.6. The fraction of sp³-hybridized carbons (Fsp3) is 0.571. The van der Waals surface area contributed by atoms with Crippen LogP contribution in [0.5, 0.6) is 0 Å². The number of carbonyl (C=O) groups excluding carboxylic acids is 2. The van der Waals surface area contributed by atoms with E-state index < -0.39 is 11.6 Å². The van der Waals surface area contributed by atoms with Crippen molar-refractivity contribution in [2.45, 2.75) is 46.1 Å². The van der Waals surface area contributed by atoms with Gasteiger partial charge in [-0.25, -0.2) is 4.79 Å². The van der Waals surface area contributed by atoms with Crippen molar-refractivity contribution in [3.8, 4) is 0 Å². The number of aromatic amines is 1. The van der Waals surface area contributed by atoms with Gasteiger partial charge in [-0.2, -0.15) is 0 Å². The van der Waals surface area contributed by atoms with Gasteiger partial charge in [0.25, 0.3) is 0 Å². The Morgan fingerprint density at radius 1 is 1.33 bits per heavy atom. The standard InChI is InChI=1S/C14H19NO3/c1-8-10(12(16)9-5-6-9)7-11(15-8)13(17)18-14(2,3)4/h7,9,15H,5-6H2,1-4H3. The highest BCUT2D eigenvalue weighted by atomic mass is 16.6. The van der Waals surface area contributed by atoms with Crippen molar-refractivity contribution in [3.05, 3.63) is 23.0 Å². The fourth-order valence-corrected chi connectivity index (χ4v) is 1.82. The molecule has 0 bridgehead atoms. The van der Waals surface area contributed by atoms with Gasteiger partial charge in [0.05, 0.1) is 0 Å². The molecule has 0 aromatic carbocycles. The van der Waals surface area contributed by atoms with Crippen molar-refractivity contribution in [2.75, 3.05) is 0 Å². The van der Waals surface area contributed by atoms with Crippen molar-refractivity contribution < 1.29 is 14.3 Å². The maximum absolute atomic E-state index is 12.0. The first-order valence-electron chi connectivity index (χ1n) is 6.25. The zero-order chi connectivity index (χ0) is 13.5. The molecule has 98 valence electrons. The van der Waals surface area contributed by atoms with Gasteiger partial charge in [0.15, 0.2) is 5.78 Å². The second-order valence-electron chi connectivity index (χ2n) is 5.86. The predicted octanol–water partition coefficient (Wildman–Crippen LogP) is 2.87. The average Bonchev–Trinajstić information content (AvgIpc) is 2.98. The summed E-state index contributed by atoms with van der Waals surface area (Å²) in [5.74, 6) is -0.120. The third-order valence-electron chi connectivity index (χ3n) is 2.85. The highest BCUT2D eigenvalue weighted by molar-refractivity contribution is 6.02. The van der Waals surface area contributed by atoms with E-state index in [4.69, 9.17) is 4.74 Å². The lowest BCUT2D eigenvalue weighted by Crippen LogP contribution is -2.24. The lowest BCUT2D eigenvalue weighted by molar-refractivity contribution is 0.00634. The van der Waals surface area contributed by atoms with Crippen LogP contribution in [0.2, 0.25) is 0 Å². The Kier molecular flexibility index (Phi) is 3.05. The van der Waals surface area contributed by atoms with Crippen molar-refractivity contribution in [1.29, 1.82) is 0 Å². The summed E-state index contributed by atoms with van der Waals surface area (Å²) in [6.45, 7) is 7.26. The van der Waals surface area contributed by atoms with Gasteiger partial charge in [-0.3, -0.25) is 4.79 Å². The van der Waals surface area contributed by atoms with E-state index in [-0.39, 0.29) is 11.7 Å². The second kappa shape index (κ2) is 4.26. The number of hydrogen-bond donors (Lipinski definition) is 1. The Balaban J connectivity index is 2.17. The molecule has 0 radical (unpaired) electrons. The van der Waals surface area contributed by atoms with E-state index in [1.807, 2.05) is 27.7 Å². The van der Waals surface area contributed by atoms with Crippen molar-refractivity contribution in [1.82, 2.24) is 4.98 Å². The van der Waals surface area contributed by atoms with E-state index in [1.165, 1.54) is 0 Å². The van der Waals surface area contributed by atoms with Crippen molar-refractivity contribution in [2.24, 2.45) is 5.92 Å². The predicted molar refractivity (Wildman–Crippen MR) is 67.8 cm³/mol. The van der Waals surface area contributed by atoms with E-state index in [0.29, 0.717) is 11.3 Å². The second-order valence-corrected chi connectivity index (χ2v) is 5.86. The number of Topliss-reactive ketones (excluding diaryl/α,β-unsaturated/α-hetero) is 1. The summed E-state index contributed by atoms with van der Waals surface area (Å²) in [5.41, 5.74) is 1.19. The van der Waals surface area contributed by atoms with Crippen LogP contribution in [0, 0.1) is 12.8 Å². The molecule has 1 saturated carbocycles. The Morgan fingerprint density at radius 3 is 2.44 bits per heavy atom. The smallest absolute Gasteiger partial charge is 0.355 e. The molecule has 18 heavy (non-hydrogen) atoms. The number of ketones is 1. The van der Waals surface area contributed by atoms with E-state index in [2.05, 4.69) is 4.98 Å². The zero-order valence-corrected chi connectivity index (χ0v) is 11.3. The number of H-pyrrole nitrogens is 1. The van der Waals surface area contributed by atoms with Crippen LogP contribution in [0.4, 0.5) is 0 Å². The number of rotatable bonds is 3. The molecule has 0 saturated heterocycles. The van der Waals surface area contributed by atoms with E-state index >= 15 is 0 Å². The Hall–Kier alpha value is -1.58. The maximum atomic E-state index is 12.0. The van der Waals surface area contributed by atoms with Gasteiger partial charge < -0.3 is 9.72 Å². The van der Waals surface area contributed by atoms with Gasteiger partial charge in [0.2, 0.25) is 0 Å². The molecule has 1 aromatic rings. The molecule has 0 unspecified atom stereocenters. The lowest BCUT2D eigenvalue weighted by atomic mass is 10.1. The number of hydrogen-bond acceptors (Lipinski definition) is 3. The van der Waals surface area contributed by atoms with Gasteiger partial charge in [0.1, 0.15) is 11.3 Å². The van der Waals surface area contributed by atoms with E-state index in [0.717, 1.165) is 18.5 Å². The molecular weight excluding hydrogens is 230 g/mol. The van der Waals surface area contributed by atoms with Crippen LogP contribution < -0.4 is 0 Å². The number of nitrogens with one attached hydrogen (secondary N) is 1. The van der Waals surface area contributed by atoms with Crippen molar-refractivity contribution >= 4 is 11.8 Å². The first-order valence-corrected chi connectivity index (χ1v) is 6.25. The zero-order valence-electron chi connectivity index (χ0n) is 11.3. The van der Waals surface area contributed by atoms with Crippen LogP contribution >= 0.6 is 0 Å². The van der Waals surface area contributed by atoms with Crippen LogP contribution in [0.1, 0.15) is 60.2 Å². The molecular formula is C14H19NO3. The first kappa shape index (κ1) is 12.9. The summed E-state index contributed by atoms with van der Waals surface area (Å²) < 4.78 is 5.27. The minimum atomic E-state index is -0.531. The minimum Gasteiger partial charge on any atom is -0.455 e. The number of aromatic nitrogens is 1. The molecule has 1 aliphatic carbocycles. The monoisotopic (exact) mass is 249 g/mol. The molecule has 1 fully saturated rings. The van der Waals surface area contributed by atoms with Gasteiger partial charge in [-0.15, -0.1) is 0 Å². The molecule has 0 spiro atoms. The van der Waals surface area contributed by atoms with Crippen molar-refractivity contribution in [3.63, 3.8) is 0 Å². The molecule has 0 aliphatic heterocycles. The van der Waals surface area contributed by atoms with Crippen LogP contribution in [-0.2, 0) is 4.74 Å². The Bertz CT molecular complexity index is 490. The molecule has 4 nitrogen and oxygen atoms in total. The van der Waals surface area contributed by atoms with E-state index in [1.54, 1.807) is 6.07 Å². The van der Waals surface area contributed by atoms with Gasteiger partial charge in [-0.05, 0) is 46.6 Å². The summed E-state index contributed by atoms with van der Waals surface area (Å²) in [7, 11) is 0. The number of ether oxygens (including phenoxy) is 1. The van der Waals surface area contributed by atoms with Gasteiger partial charge >= 0.3 is 5.97 Å². The van der Waals surface area contributed by atoms with E-state index in [9.17, 15) is 9.59 Å². The molecule has 0 atom stereocenters. The number of carbonyl (C=O) groups is 2. The average molecular weight is 249 g/mol. The summed E-state index contributed by atoms with van der Waals surface area (Å²) in [4.78, 5) is 26.8. The molecule has 2 rings (SSSR count). The van der Waals surface area contributed by atoms with Crippen LogP contribution in [0.15, 0.2) is 6.07 Å². The largest absolute Gasteiger partial charge is 0.455 e. The summed E-state index contributed by atoms with van der Waals surface area (Å²) in [6.07, 6.45) is 1.93. The molecule has 1 aromatic heterocycles. The van der Waals surface area contributed by atoms with Gasteiger partial charge in [-0.1, -0.05) is 0 Å². The van der Waals surface area contributed by atoms with Crippen LogP contribution in [0.3, 0.4) is 0 Å². The van der Waals surface area contributed by atoms with Crippen LogP contribution in [0.25, 0.3) is 0 Å². The fourth-order valence-electron chi connectivity index (χ4n) is 1.82.